The van der Waals surface area contributed by atoms with Crippen molar-refractivity contribution in [3.63, 3.8) is 0 Å². The van der Waals surface area contributed by atoms with Crippen LogP contribution in [0.1, 0.15) is 20.3 Å². The van der Waals surface area contributed by atoms with Crippen LogP contribution in [0.4, 0.5) is 17.5 Å². The lowest BCUT2D eigenvalue weighted by atomic mass is 10.1. The number of ether oxygens (including phenoxy) is 1. The Labute approximate surface area is 127 Å². The van der Waals surface area contributed by atoms with Gasteiger partial charge in [-0.05, 0) is 13.3 Å². The van der Waals surface area contributed by atoms with E-state index in [1.807, 2.05) is 6.92 Å². The minimum Gasteiger partial charge on any atom is -0.388 e. The second-order valence-electron chi connectivity index (χ2n) is 4.84. The molecule has 0 aliphatic carbocycles. The first-order valence-corrected chi connectivity index (χ1v) is 6.84. The van der Waals surface area contributed by atoms with E-state index in [4.69, 9.17) is 16.2 Å². The number of nitrogens with two attached hydrogens (primary N) is 2. The van der Waals surface area contributed by atoms with Gasteiger partial charge in [-0.15, -0.1) is 0 Å². The van der Waals surface area contributed by atoms with Gasteiger partial charge in [-0.2, -0.15) is 9.89 Å². The minimum atomic E-state index is -0.715. The van der Waals surface area contributed by atoms with Crippen molar-refractivity contribution in [1.82, 2.24) is 9.97 Å². The maximum Gasteiger partial charge on any atom is 0.277 e. The normalized spacial score (nSPS) is 26.9. The van der Waals surface area contributed by atoms with Crippen molar-refractivity contribution in [3.05, 3.63) is 15.3 Å². The Balaban J connectivity index is 0.000000220. The van der Waals surface area contributed by atoms with Crippen LogP contribution >= 0.6 is 0 Å². The molecular weight excluding hydrogens is 292 g/mol. The molecule has 1 unspecified atom stereocenters. The highest BCUT2D eigenvalue weighted by molar-refractivity contribution is 5.60. The number of hydrogen-bond donors (Lipinski definition) is 5. The van der Waals surface area contributed by atoms with Crippen molar-refractivity contribution in [3.8, 4) is 0 Å². The van der Waals surface area contributed by atoms with Crippen LogP contribution in [0.3, 0.4) is 0 Å². The van der Waals surface area contributed by atoms with Gasteiger partial charge < -0.3 is 26.6 Å². The molecule has 1 aliphatic heterocycles. The number of nitroso groups, excluding NO2 is 1. The minimum absolute atomic E-state index is 0.0199. The summed E-state index contributed by atoms with van der Waals surface area (Å²) in [4.78, 5) is 27.1. The van der Waals surface area contributed by atoms with E-state index in [1.165, 1.54) is 0 Å². The molecule has 10 heteroatoms. The molecule has 1 aromatic rings. The molecule has 7 N–H and O–H groups in total. The zero-order chi connectivity index (χ0) is 16.9. The molecule has 1 fully saturated rings. The lowest BCUT2D eigenvalue weighted by Gasteiger charge is -2.10. The van der Waals surface area contributed by atoms with Gasteiger partial charge in [0.15, 0.2) is 5.82 Å². The van der Waals surface area contributed by atoms with Crippen LogP contribution in [-0.4, -0.2) is 46.5 Å². The van der Waals surface area contributed by atoms with Gasteiger partial charge in [0.1, 0.15) is 17.8 Å². The van der Waals surface area contributed by atoms with E-state index < -0.39 is 12.1 Å². The number of aliphatic hydroxyl groups is 1. The van der Waals surface area contributed by atoms with Crippen LogP contribution in [0.25, 0.3) is 0 Å². The summed E-state index contributed by atoms with van der Waals surface area (Å²) in [6, 6.07) is -0.583. The number of nitrogen functional groups attached to an aromatic ring is 2. The molecule has 4 atom stereocenters. The number of nitrogens with zero attached hydrogens (tertiary/aromatic N) is 2. The SMILES string of the molecule is CC[C@@H]1OC(C)[C@@H](N=O)[C@H]1O.CNc1c(N)nc(N)[nH]c1=O. The summed E-state index contributed by atoms with van der Waals surface area (Å²) in [5.74, 6) is 0.125. The van der Waals surface area contributed by atoms with Crippen LogP contribution in [0, 0.1) is 4.91 Å². The first-order valence-electron chi connectivity index (χ1n) is 6.84. The lowest BCUT2D eigenvalue weighted by Crippen LogP contribution is -2.29. The van der Waals surface area contributed by atoms with Gasteiger partial charge >= 0.3 is 0 Å². The molecule has 22 heavy (non-hydrogen) atoms. The Kier molecular flexibility index (Phi) is 6.25. The number of nitrogens with one attached hydrogen (secondary N) is 2. The van der Waals surface area contributed by atoms with Gasteiger partial charge in [0, 0.05) is 7.05 Å². The highest BCUT2D eigenvalue weighted by Gasteiger charge is 2.41. The summed E-state index contributed by atoms with van der Waals surface area (Å²) in [7, 11) is 1.58. The van der Waals surface area contributed by atoms with Crippen molar-refractivity contribution in [2.24, 2.45) is 5.18 Å². The fourth-order valence-electron chi connectivity index (χ4n) is 2.17. The third-order valence-corrected chi connectivity index (χ3v) is 3.34. The van der Waals surface area contributed by atoms with Crippen LogP contribution in [-0.2, 0) is 4.74 Å². The summed E-state index contributed by atoms with van der Waals surface area (Å²) < 4.78 is 5.28. The third-order valence-electron chi connectivity index (χ3n) is 3.34. The summed E-state index contributed by atoms with van der Waals surface area (Å²) in [5, 5.41) is 14.8. The highest BCUT2D eigenvalue weighted by atomic mass is 16.5. The summed E-state index contributed by atoms with van der Waals surface area (Å²) >= 11 is 0. The van der Waals surface area contributed by atoms with E-state index in [1.54, 1.807) is 14.0 Å². The number of anilines is 3. The molecule has 124 valence electrons. The molecule has 0 amide bonds. The van der Waals surface area contributed by atoms with E-state index in [0.29, 0.717) is 0 Å². The summed E-state index contributed by atoms with van der Waals surface area (Å²) in [6.45, 7) is 3.67. The fraction of sp³-hybridized carbons (Fsp3) is 0.667. The molecule has 0 bridgehead atoms. The molecule has 1 aromatic heterocycles. The maximum absolute atomic E-state index is 11.0. The zero-order valence-corrected chi connectivity index (χ0v) is 12.7. The number of rotatable bonds is 3. The predicted octanol–water partition coefficient (Wildman–Crippen LogP) is -0.344. The Bertz CT molecular complexity index is 563. The Morgan fingerprint density at radius 2 is 2.14 bits per heavy atom. The van der Waals surface area contributed by atoms with Gasteiger partial charge in [0.05, 0.1) is 12.2 Å². The number of aromatic nitrogens is 2. The van der Waals surface area contributed by atoms with Gasteiger partial charge in [-0.3, -0.25) is 9.78 Å². The molecule has 1 saturated heterocycles. The lowest BCUT2D eigenvalue weighted by molar-refractivity contribution is 0.0144. The second kappa shape index (κ2) is 7.71. The van der Waals surface area contributed by atoms with E-state index in [-0.39, 0.29) is 35.2 Å². The fourth-order valence-corrected chi connectivity index (χ4v) is 2.17. The average Bonchev–Trinajstić information content (AvgIpc) is 2.73. The quantitative estimate of drug-likeness (QED) is 0.472. The zero-order valence-electron chi connectivity index (χ0n) is 12.7. The Hall–Kier alpha value is -2.20. The molecular formula is C12H22N6O4. The van der Waals surface area contributed by atoms with E-state index in [2.05, 4.69) is 20.5 Å². The number of H-pyrrole nitrogens is 1. The van der Waals surface area contributed by atoms with Crippen LogP contribution in [0.15, 0.2) is 9.97 Å². The third kappa shape index (κ3) is 3.92. The summed E-state index contributed by atoms with van der Waals surface area (Å²) in [5.41, 5.74) is 10.4. The first kappa shape index (κ1) is 17.9. The number of aromatic amines is 1. The van der Waals surface area contributed by atoms with E-state index in [0.717, 1.165) is 6.42 Å². The first-order chi connectivity index (χ1) is 10.3. The van der Waals surface area contributed by atoms with Gasteiger partial charge in [-0.25, -0.2) is 0 Å². The van der Waals surface area contributed by atoms with Gasteiger partial charge in [0.25, 0.3) is 5.56 Å². The molecule has 1 aliphatic rings. The Morgan fingerprint density at radius 1 is 1.50 bits per heavy atom. The molecule has 0 spiro atoms. The van der Waals surface area contributed by atoms with E-state index >= 15 is 0 Å². The molecule has 0 radical (unpaired) electrons. The van der Waals surface area contributed by atoms with Crippen molar-refractivity contribution < 1.29 is 9.84 Å². The Morgan fingerprint density at radius 3 is 2.50 bits per heavy atom. The summed E-state index contributed by atoms with van der Waals surface area (Å²) in [6.07, 6.45) is -0.454. The van der Waals surface area contributed by atoms with Gasteiger partial charge in [0.2, 0.25) is 5.95 Å². The maximum atomic E-state index is 11.0. The van der Waals surface area contributed by atoms with Crippen LogP contribution in [0.5, 0.6) is 0 Å². The van der Waals surface area contributed by atoms with Crippen molar-refractivity contribution in [2.45, 2.75) is 44.6 Å². The monoisotopic (exact) mass is 314 g/mol. The highest BCUT2D eigenvalue weighted by Crippen LogP contribution is 2.25. The average molecular weight is 314 g/mol. The van der Waals surface area contributed by atoms with Crippen molar-refractivity contribution in [2.75, 3.05) is 23.8 Å². The molecule has 2 rings (SSSR count). The smallest absolute Gasteiger partial charge is 0.277 e. The van der Waals surface area contributed by atoms with Crippen LogP contribution in [0.2, 0.25) is 0 Å². The topological polar surface area (TPSA) is 169 Å². The number of aliphatic hydroxyl groups excluding tert-OH is 1. The van der Waals surface area contributed by atoms with Crippen molar-refractivity contribution in [1.29, 1.82) is 0 Å². The number of hydrogen-bond acceptors (Lipinski definition) is 9. The second-order valence-corrected chi connectivity index (χ2v) is 4.84. The molecule has 0 saturated carbocycles. The largest absolute Gasteiger partial charge is 0.388 e. The standard InChI is InChI=1S/C7H13NO3.C5H9N5O/c1-3-5-7(9)6(8-10)4(2)11-5;1-8-2-3(6)9-5(7)10-4(2)11/h4-7,9H,3H2,1-2H3;8H,1H3,(H5,6,7,9,10,11)/t4?,5-,6+,7-;/m0./s1. The van der Waals surface area contributed by atoms with E-state index in [9.17, 15) is 14.8 Å². The molecule has 10 nitrogen and oxygen atoms in total. The molecule has 2 heterocycles. The molecule has 0 aromatic carbocycles. The van der Waals surface area contributed by atoms with Crippen molar-refractivity contribution >= 4 is 17.5 Å². The predicted molar refractivity (Wildman–Crippen MR) is 83.4 cm³/mol. The van der Waals surface area contributed by atoms with Crippen LogP contribution < -0.4 is 22.3 Å². The van der Waals surface area contributed by atoms with Gasteiger partial charge in [-0.1, -0.05) is 12.1 Å².